The molecule has 1 atom stereocenters. The van der Waals surface area contributed by atoms with Crippen LogP contribution in [0.3, 0.4) is 0 Å². The number of benzene rings is 1. The van der Waals surface area contributed by atoms with E-state index in [2.05, 4.69) is 52.8 Å². The zero-order chi connectivity index (χ0) is 14.7. The first kappa shape index (κ1) is 14.6. The minimum Gasteiger partial charge on any atom is -0.490 e. The van der Waals surface area contributed by atoms with E-state index >= 15 is 0 Å². The van der Waals surface area contributed by atoms with E-state index in [4.69, 9.17) is 4.74 Å². The SMILES string of the molecule is CC(Cc1ccc2c(c1)NCCO2)NN1CCN(C)CC1. The third-order valence-corrected chi connectivity index (χ3v) is 4.17. The molecule has 0 spiro atoms. The molecule has 2 aliphatic heterocycles. The van der Waals surface area contributed by atoms with Crippen LogP contribution in [0.4, 0.5) is 5.69 Å². The van der Waals surface area contributed by atoms with Gasteiger partial charge in [0.25, 0.3) is 0 Å². The highest BCUT2D eigenvalue weighted by Crippen LogP contribution is 2.28. The second-order valence-corrected chi connectivity index (χ2v) is 6.13. The molecule has 116 valence electrons. The number of piperazine rings is 1. The molecular formula is C16H26N4O. The van der Waals surface area contributed by atoms with Crippen molar-refractivity contribution >= 4 is 5.69 Å². The summed E-state index contributed by atoms with van der Waals surface area (Å²) in [6.07, 6.45) is 1.03. The van der Waals surface area contributed by atoms with Gasteiger partial charge in [-0.25, -0.2) is 5.01 Å². The summed E-state index contributed by atoms with van der Waals surface area (Å²) in [4.78, 5) is 2.37. The van der Waals surface area contributed by atoms with Gasteiger partial charge in [-0.15, -0.1) is 0 Å². The van der Waals surface area contributed by atoms with Crippen LogP contribution in [0.2, 0.25) is 0 Å². The van der Waals surface area contributed by atoms with Crippen molar-refractivity contribution in [2.75, 3.05) is 51.7 Å². The van der Waals surface area contributed by atoms with Crippen LogP contribution < -0.4 is 15.5 Å². The summed E-state index contributed by atoms with van der Waals surface area (Å²) in [5, 5.41) is 5.75. The maximum absolute atomic E-state index is 5.62. The van der Waals surface area contributed by atoms with Crippen molar-refractivity contribution in [3.63, 3.8) is 0 Å². The zero-order valence-electron chi connectivity index (χ0n) is 13.1. The molecule has 1 aromatic carbocycles. The fraction of sp³-hybridized carbons (Fsp3) is 0.625. The summed E-state index contributed by atoms with van der Waals surface area (Å²) in [7, 11) is 2.18. The van der Waals surface area contributed by atoms with E-state index in [1.807, 2.05) is 0 Å². The second-order valence-electron chi connectivity index (χ2n) is 6.13. The highest BCUT2D eigenvalue weighted by molar-refractivity contribution is 5.59. The van der Waals surface area contributed by atoms with Crippen molar-refractivity contribution in [1.82, 2.24) is 15.3 Å². The maximum Gasteiger partial charge on any atom is 0.142 e. The Kier molecular flexibility index (Phi) is 4.63. The predicted molar refractivity (Wildman–Crippen MR) is 85.8 cm³/mol. The fourth-order valence-corrected chi connectivity index (χ4v) is 2.96. The molecule has 0 aromatic heterocycles. The number of hydrogen-bond acceptors (Lipinski definition) is 5. The molecule has 1 unspecified atom stereocenters. The van der Waals surface area contributed by atoms with E-state index < -0.39 is 0 Å². The molecule has 5 heteroatoms. The van der Waals surface area contributed by atoms with Gasteiger partial charge in [-0.3, -0.25) is 5.43 Å². The summed E-state index contributed by atoms with van der Waals surface area (Å²) < 4.78 is 5.62. The van der Waals surface area contributed by atoms with Crippen LogP contribution in [0.15, 0.2) is 18.2 Å². The van der Waals surface area contributed by atoms with Crippen LogP contribution in [0.1, 0.15) is 12.5 Å². The van der Waals surface area contributed by atoms with Gasteiger partial charge in [-0.05, 0) is 38.1 Å². The van der Waals surface area contributed by atoms with Crippen molar-refractivity contribution in [2.24, 2.45) is 0 Å². The third-order valence-electron chi connectivity index (χ3n) is 4.17. The summed E-state index contributed by atoms with van der Waals surface area (Å²) in [6.45, 7) is 8.38. The number of ether oxygens (including phenoxy) is 1. The van der Waals surface area contributed by atoms with Crippen molar-refractivity contribution < 1.29 is 4.74 Å². The van der Waals surface area contributed by atoms with Crippen LogP contribution in [0, 0.1) is 0 Å². The standard InChI is InChI=1S/C16H26N4O/c1-13(18-20-8-6-19(2)7-9-20)11-14-3-4-16-15(12-14)17-5-10-21-16/h3-4,12-13,17-18H,5-11H2,1-2H3. The number of rotatable bonds is 4. The first-order valence-electron chi connectivity index (χ1n) is 7.90. The van der Waals surface area contributed by atoms with Gasteiger partial charge in [0.1, 0.15) is 12.4 Å². The number of hydrogen-bond donors (Lipinski definition) is 2. The molecule has 2 N–H and O–H groups in total. The Balaban J connectivity index is 1.53. The third kappa shape index (κ3) is 3.87. The number of hydrazine groups is 1. The minimum atomic E-state index is 0.441. The highest BCUT2D eigenvalue weighted by atomic mass is 16.5. The molecule has 1 aromatic rings. The molecule has 0 aliphatic carbocycles. The van der Waals surface area contributed by atoms with E-state index in [9.17, 15) is 0 Å². The molecule has 0 saturated carbocycles. The second kappa shape index (κ2) is 6.64. The largest absolute Gasteiger partial charge is 0.490 e. The Morgan fingerprint density at radius 3 is 2.90 bits per heavy atom. The molecule has 1 saturated heterocycles. The van der Waals surface area contributed by atoms with E-state index in [-0.39, 0.29) is 0 Å². The Morgan fingerprint density at radius 1 is 1.29 bits per heavy atom. The van der Waals surface area contributed by atoms with Crippen molar-refractivity contribution in [3.8, 4) is 5.75 Å². The normalized spacial score (nSPS) is 21.2. The quantitative estimate of drug-likeness (QED) is 0.871. The fourth-order valence-electron chi connectivity index (χ4n) is 2.96. The molecule has 3 rings (SSSR count). The van der Waals surface area contributed by atoms with Crippen LogP contribution in [0.25, 0.3) is 0 Å². The predicted octanol–water partition coefficient (Wildman–Crippen LogP) is 1.17. The lowest BCUT2D eigenvalue weighted by Gasteiger charge is -2.34. The molecule has 21 heavy (non-hydrogen) atoms. The van der Waals surface area contributed by atoms with Crippen LogP contribution in [0.5, 0.6) is 5.75 Å². The minimum absolute atomic E-state index is 0.441. The van der Waals surface area contributed by atoms with Gasteiger partial charge < -0.3 is 15.0 Å². The van der Waals surface area contributed by atoms with Gasteiger partial charge >= 0.3 is 0 Å². The summed E-state index contributed by atoms with van der Waals surface area (Å²) in [5.74, 6) is 0.977. The molecule has 0 bridgehead atoms. The number of anilines is 1. The topological polar surface area (TPSA) is 39.8 Å². The van der Waals surface area contributed by atoms with Gasteiger partial charge in [0.05, 0.1) is 5.69 Å². The number of nitrogens with one attached hydrogen (secondary N) is 2. The van der Waals surface area contributed by atoms with E-state index in [0.717, 1.165) is 57.2 Å². The van der Waals surface area contributed by atoms with Gasteiger partial charge in [0.15, 0.2) is 0 Å². The van der Waals surface area contributed by atoms with E-state index in [1.54, 1.807) is 0 Å². The number of fused-ring (bicyclic) bond motifs is 1. The Bertz CT molecular complexity index is 471. The van der Waals surface area contributed by atoms with Crippen molar-refractivity contribution in [3.05, 3.63) is 23.8 Å². The van der Waals surface area contributed by atoms with Gasteiger partial charge in [0.2, 0.25) is 0 Å². The smallest absolute Gasteiger partial charge is 0.142 e. The first-order chi connectivity index (χ1) is 10.2. The molecule has 5 nitrogen and oxygen atoms in total. The average molecular weight is 290 g/mol. The Labute approximate surface area is 127 Å². The van der Waals surface area contributed by atoms with Crippen LogP contribution >= 0.6 is 0 Å². The van der Waals surface area contributed by atoms with Gasteiger partial charge in [-0.2, -0.15) is 0 Å². The van der Waals surface area contributed by atoms with Gasteiger partial charge in [-0.1, -0.05) is 6.07 Å². The lowest BCUT2D eigenvalue weighted by atomic mass is 10.1. The average Bonchev–Trinajstić information content (AvgIpc) is 2.49. The summed E-state index contributed by atoms with van der Waals surface area (Å²) >= 11 is 0. The Morgan fingerprint density at radius 2 is 2.10 bits per heavy atom. The van der Waals surface area contributed by atoms with Gasteiger partial charge in [0, 0.05) is 38.8 Å². The molecule has 0 radical (unpaired) electrons. The van der Waals surface area contributed by atoms with E-state index in [0.29, 0.717) is 6.04 Å². The van der Waals surface area contributed by atoms with Crippen molar-refractivity contribution in [2.45, 2.75) is 19.4 Å². The molecular weight excluding hydrogens is 264 g/mol. The molecule has 1 fully saturated rings. The molecule has 2 heterocycles. The summed E-state index contributed by atoms with van der Waals surface area (Å²) in [5.41, 5.74) is 6.10. The Hall–Kier alpha value is -1.30. The number of nitrogens with zero attached hydrogens (tertiary/aromatic N) is 2. The maximum atomic E-state index is 5.62. The lowest BCUT2D eigenvalue weighted by molar-refractivity contribution is 0.0899. The zero-order valence-corrected chi connectivity index (χ0v) is 13.1. The monoisotopic (exact) mass is 290 g/mol. The van der Waals surface area contributed by atoms with Crippen molar-refractivity contribution in [1.29, 1.82) is 0 Å². The number of likely N-dealkylation sites (N-methyl/N-ethyl adjacent to an activating group) is 1. The summed E-state index contributed by atoms with van der Waals surface area (Å²) in [6, 6.07) is 6.92. The van der Waals surface area contributed by atoms with Crippen LogP contribution in [-0.4, -0.2) is 62.3 Å². The van der Waals surface area contributed by atoms with Crippen LogP contribution in [-0.2, 0) is 6.42 Å². The van der Waals surface area contributed by atoms with E-state index in [1.165, 1.54) is 5.56 Å². The lowest BCUT2D eigenvalue weighted by Crippen LogP contribution is -2.53. The molecule has 0 amide bonds. The first-order valence-corrected chi connectivity index (χ1v) is 7.90. The highest BCUT2D eigenvalue weighted by Gasteiger charge is 2.16. The molecule has 2 aliphatic rings.